The van der Waals surface area contributed by atoms with E-state index in [0.29, 0.717) is 6.61 Å². The number of nitrogens with zero attached hydrogens (tertiary/aromatic N) is 2. The van der Waals surface area contributed by atoms with Crippen molar-refractivity contribution in [3.63, 3.8) is 0 Å². The molecule has 1 aromatic carbocycles. The van der Waals surface area contributed by atoms with Crippen LogP contribution < -0.4 is 10.1 Å². The van der Waals surface area contributed by atoms with Crippen LogP contribution in [0.1, 0.15) is 24.0 Å². The van der Waals surface area contributed by atoms with Gasteiger partial charge in [0.1, 0.15) is 17.4 Å². The summed E-state index contributed by atoms with van der Waals surface area (Å²) in [5, 5.41) is 13.8. The van der Waals surface area contributed by atoms with Crippen LogP contribution in [-0.4, -0.2) is 43.9 Å². The van der Waals surface area contributed by atoms with E-state index < -0.39 is 0 Å². The van der Waals surface area contributed by atoms with E-state index in [1.807, 2.05) is 13.8 Å². The summed E-state index contributed by atoms with van der Waals surface area (Å²) in [5.74, 6) is 1.68. The summed E-state index contributed by atoms with van der Waals surface area (Å²) in [6, 6.07) is 4.17. The van der Waals surface area contributed by atoms with Gasteiger partial charge in [0.25, 0.3) is 0 Å². The van der Waals surface area contributed by atoms with Crippen LogP contribution in [0.15, 0.2) is 12.1 Å². The highest BCUT2D eigenvalue weighted by atomic mass is 32.1. The van der Waals surface area contributed by atoms with E-state index in [2.05, 4.69) is 27.6 Å². The van der Waals surface area contributed by atoms with E-state index in [9.17, 15) is 0 Å². The molecule has 6 nitrogen and oxygen atoms in total. The molecule has 1 aromatic heterocycles. The highest BCUT2D eigenvalue weighted by Gasteiger charge is 2.21. The summed E-state index contributed by atoms with van der Waals surface area (Å²) in [6.07, 6.45) is 2.28. The number of aromatic nitrogens is 2. The minimum Gasteiger partial charge on any atom is -0.488 e. The van der Waals surface area contributed by atoms with Gasteiger partial charge in [-0.2, -0.15) is 0 Å². The molecule has 0 unspecified atom stereocenters. The van der Waals surface area contributed by atoms with Crippen molar-refractivity contribution >= 4 is 16.5 Å². The molecule has 0 atom stereocenters. The van der Waals surface area contributed by atoms with E-state index >= 15 is 0 Å². The number of methoxy groups -OCH3 is 2. The van der Waals surface area contributed by atoms with Gasteiger partial charge in [-0.1, -0.05) is 11.3 Å². The highest BCUT2D eigenvalue weighted by Crippen LogP contribution is 2.34. The molecule has 25 heavy (non-hydrogen) atoms. The SMILES string of the molecule is COC(COc1c(C)cc(-c2nnc(NCC3CC3)s2)cc1C)OC. The summed E-state index contributed by atoms with van der Waals surface area (Å²) in [6.45, 7) is 5.42. The van der Waals surface area contributed by atoms with Gasteiger partial charge in [0.2, 0.25) is 5.13 Å². The van der Waals surface area contributed by atoms with Gasteiger partial charge in [-0.05, 0) is 55.9 Å². The van der Waals surface area contributed by atoms with Crippen molar-refractivity contribution in [1.29, 1.82) is 0 Å². The first-order valence-corrected chi connectivity index (χ1v) is 9.29. The van der Waals surface area contributed by atoms with Crippen molar-refractivity contribution in [2.24, 2.45) is 5.92 Å². The molecule has 1 fully saturated rings. The zero-order valence-electron chi connectivity index (χ0n) is 15.2. The Morgan fingerprint density at radius 2 is 1.84 bits per heavy atom. The van der Waals surface area contributed by atoms with Gasteiger partial charge < -0.3 is 19.5 Å². The number of nitrogens with one attached hydrogen (secondary N) is 1. The first kappa shape index (κ1) is 18.1. The topological polar surface area (TPSA) is 65.5 Å². The number of anilines is 1. The van der Waals surface area contributed by atoms with E-state index in [-0.39, 0.29) is 6.29 Å². The lowest BCUT2D eigenvalue weighted by Crippen LogP contribution is -2.22. The molecule has 0 bridgehead atoms. The highest BCUT2D eigenvalue weighted by molar-refractivity contribution is 7.18. The average Bonchev–Trinajstić information content (AvgIpc) is 3.31. The Morgan fingerprint density at radius 3 is 2.44 bits per heavy atom. The number of rotatable bonds is 9. The predicted molar refractivity (Wildman–Crippen MR) is 99.3 cm³/mol. The van der Waals surface area contributed by atoms with Gasteiger partial charge in [-0.3, -0.25) is 0 Å². The zero-order chi connectivity index (χ0) is 17.8. The maximum atomic E-state index is 5.88. The maximum Gasteiger partial charge on any atom is 0.206 e. The van der Waals surface area contributed by atoms with Crippen molar-refractivity contribution < 1.29 is 14.2 Å². The Labute approximate surface area is 152 Å². The molecule has 0 spiro atoms. The van der Waals surface area contributed by atoms with Gasteiger partial charge in [-0.15, -0.1) is 10.2 Å². The Bertz CT molecular complexity index is 688. The van der Waals surface area contributed by atoms with Gasteiger partial charge in [-0.25, -0.2) is 0 Å². The van der Waals surface area contributed by atoms with E-state index in [4.69, 9.17) is 14.2 Å². The third-order valence-corrected chi connectivity index (χ3v) is 5.19. The van der Waals surface area contributed by atoms with Crippen LogP contribution in [0.5, 0.6) is 5.75 Å². The summed E-state index contributed by atoms with van der Waals surface area (Å²) < 4.78 is 16.2. The van der Waals surface area contributed by atoms with E-state index in [0.717, 1.165) is 45.0 Å². The predicted octanol–water partition coefficient (Wildman–Crippen LogP) is 3.64. The number of hydrogen-bond acceptors (Lipinski definition) is 7. The smallest absolute Gasteiger partial charge is 0.206 e. The van der Waals surface area contributed by atoms with Crippen LogP contribution >= 0.6 is 11.3 Å². The molecule has 136 valence electrons. The second-order valence-corrected chi connectivity index (χ2v) is 7.37. The van der Waals surface area contributed by atoms with Gasteiger partial charge in [0.15, 0.2) is 6.29 Å². The van der Waals surface area contributed by atoms with Gasteiger partial charge in [0, 0.05) is 26.3 Å². The van der Waals surface area contributed by atoms with Crippen LogP contribution in [0.3, 0.4) is 0 Å². The summed E-state index contributed by atoms with van der Waals surface area (Å²) in [4.78, 5) is 0. The molecule has 1 heterocycles. The Morgan fingerprint density at radius 1 is 1.16 bits per heavy atom. The molecule has 0 amide bonds. The fraction of sp³-hybridized carbons (Fsp3) is 0.556. The van der Waals surface area contributed by atoms with Crippen LogP contribution in [0.4, 0.5) is 5.13 Å². The van der Waals surface area contributed by atoms with Crippen molar-refractivity contribution in [1.82, 2.24) is 10.2 Å². The second kappa shape index (κ2) is 8.12. The van der Waals surface area contributed by atoms with Crippen molar-refractivity contribution in [3.05, 3.63) is 23.3 Å². The lowest BCUT2D eigenvalue weighted by atomic mass is 10.1. The fourth-order valence-corrected chi connectivity index (χ4v) is 3.39. The molecule has 0 saturated heterocycles. The van der Waals surface area contributed by atoms with Crippen LogP contribution in [-0.2, 0) is 9.47 Å². The van der Waals surface area contributed by atoms with E-state index in [1.54, 1.807) is 25.6 Å². The monoisotopic (exact) mass is 363 g/mol. The quantitative estimate of drug-likeness (QED) is 0.686. The Balaban J connectivity index is 1.70. The summed E-state index contributed by atoms with van der Waals surface area (Å²) in [7, 11) is 3.20. The van der Waals surface area contributed by atoms with Crippen molar-refractivity contribution in [2.75, 3.05) is 32.7 Å². The first-order valence-electron chi connectivity index (χ1n) is 8.48. The Hall–Kier alpha value is -1.70. The average molecular weight is 363 g/mol. The summed E-state index contributed by atoms with van der Waals surface area (Å²) >= 11 is 1.59. The minimum atomic E-state index is -0.373. The third kappa shape index (κ3) is 4.68. The molecule has 7 heteroatoms. The Kier molecular flexibility index (Phi) is 5.88. The normalized spacial score (nSPS) is 14.1. The number of hydrogen-bond donors (Lipinski definition) is 1. The molecule has 1 aliphatic rings. The van der Waals surface area contributed by atoms with Crippen molar-refractivity contribution in [3.8, 4) is 16.3 Å². The van der Waals surface area contributed by atoms with Crippen LogP contribution in [0.2, 0.25) is 0 Å². The summed E-state index contributed by atoms with van der Waals surface area (Å²) in [5.41, 5.74) is 3.18. The van der Waals surface area contributed by atoms with Crippen LogP contribution in [0, 0.1) is 19.8 Å². The number of aryl methyl sites for hydroxylation is 2. The number of benzene rings is 1. The first-order chi connectivity index (χ1) is 12.1. The maximum absolute atomic E-state index is 5.88. The minimum absolute atomic E-state index is 0.349. The van der Waals surface area contributed by atoms with Crippen LogP contribution in [0.25, 0.3) is 10.6 Å². The van der Waals surface area contributed by atoms with Gasteiger partial charge >= 0.3 is 0 Å². The lowest BCUT2D eigenvalue weighted by molar-refractivity contribution is -0.122. The second-order valence-electron chi connectivity index (χ2n) is 6.39. The molecule has 2 aromatic rings. The zero-order valence-corrected chi connectivity index (χ0v) is 16.0. The standard InChI is InChI=1S/C18H25N3O3S/c1-11-7-14(8-12(2)16(11)24-10-15(22-3)23-4)17-20-21-18(25-17)19-9-13-5-6-13/h7-8,13,15H,5-6,9-10H2,1-4H3,(H,19,21). The fourth-order valence-electron chi connectivity index (χ4n) is 2.65. The molecule has 0 radical (unpaired) electrons. The van der Waals surface area contributed by atoms with Gasteiger partial charge in [0.05, 0.1) is 0 Å². The molecule has 1 saturated carbocycles. The molecular weight excluding hydrogens is 338 g/mol. The molecule has 3 rings (SSSR count). The molecular formula is C18H25N3O3S. The third-order valence-electron chi connectivity index (χ3n) is 4.26. The molecule has 1 aliphatic carbocycles. The van der Waals surface area contributed by atoms with Crippen molar-refractivity contribution in [2.45, 2.75) is 33.0 Å². The largest absolute Gasteiger partial charge is 0.488 e. The number of ether oxygens (including phenoxy) is 3. The van der Waals surface area contributed by atoms with E-state index in [1.165, 1.54) is 12.8 Å². The molecule has 1 N–H and O–H groups in total. The molecule has 0 aliphatic heterocycles. The lowest BCUT2D eigenvalue weighted by Gasteiger charge is -2.17.